The van der Waals surface area contributed by atoms with Crippen LogP contribution in [-0.4, -0.2) is 16.2 Å². The van der Waals surface area contributed by atoms with Crippen molar-refractivity contribution in [3.63, 3.8) is 0 Å². The second-order valence-corrected chi connectivity index (χ2v) is 10.7. The Morgan fingerprint density at radius 1 is 1.09 bits per heavy atom. The van der Waals surface area contributed by atoms with Gasteiger partial charge in [-0.3, -0.25) is 9.36 Å². The predicted octanol–water partition coefficient (Wildman–Crippen LogP) is 7.32. The number of rotatable bonds is 6. The van der Waals surface area contributed by atoms with E-state index in [9.17, 15) is 4.79 Å². The van der Waals surface area contributed by atoms with E-state index in [1.807, 2.05) is 49.4 Å². The van der Waals surface area contributed by atoms with Crippen LogP contribution in [0.4, 0.5) is 0 Å². The summed E-state index contributed by atoms with van der Waals surface area (Å²) in [6.07, 6.45) is 4.25. The Balaban J connectivity index is 1.64. The van der Waals surface area contributed by atoms with Crippen LogP contribution >= 0.6 is 46.3 Å². The highest BCUT2D eigenvalue weighted by Gasteiger charge is 2.23. The van der Waals surface area contributed by atoms with Gasteiger partial charge in [0.1, 0.15) is 10.6 Å². The Hall–Kier alpha value is -1.99. The molecule has 4 aromatic rings. The fourth-order valence-electron chi connectivity index (χ4n) is 4.18. The first-order valence-corrected chi connectivity index (χ1v) is 13.5. The highest BCUT2D eigenvalue weighted by molar-refractivity contribution is 7.98. The number of hydrogen-bond acceptors (Lipinski definition) is 5. The van der Waals surface area contributed by atoms with E-state index in [0.29, 0.717) is 27.6 Å². The van der Waals surface area contributed by atoms with Gasteiger partial charge in [-0.1, -0.05) is 41.0 Å². The van der Waals surface area contributed by atoms with Crippen LogP contribution in [0, 0.1) is 0 Å². The largest absolute Gasteiger partial charge is 0.494 e. The summed E-state index contributed by atoms with van der Waals surface area (Å²) in [7, 11) is 0. The molecule has 2 aromatic carbocycles. The number of fused-ring (bicyclic) bond motifs is 3. The molecule has 0 unspecified atom stereocenters. The third-order valence-electron chi connectivity index (χ3n) is 5.77. The predicted molar refractivity (Wildman–Crippen MR) is 139 cm³/mol. The smallest absolute Gasteiger partial charge is 0.267 e. The minimum absolute atomic E-state index is 0.0173. The molecule has 0 radical (unpaired) electrons. The molecule has 170 valence electrons. The van der Waals surface area contributed by atoms with Gasteiger partial charge >= 0.3 is 0 Å². The minimum Gasteiger partial charge on any atom is -0.494 e. The van der Waals surface area contributed by atoms with Gasteiger partial charge in [0.25, 0.3) is 5.56 Å². The number of aromatic nitrogens is 2. The minimum atomic E-state index is -0.0173. The van der Waals surface area contributed by atoms with Crippen molar-refractivity contribution in [3.8, 4) is 11.4 Å². The summed E-state index contributed by atoms with van der Waals surface area (Å²) in [5.41, 5.74) is 2.77. The van der Waals surface area contributed by atoms with E-state index in [4.69, 9.17) is 32.9 Å². The summed E-state index contributed by atoms with van der Waals surface area (Å²) in [5, 5.41) is 2.62. The highest BCUT2D eigenvalue weighted by atomic mass is 35.5. The number of halogens is 2. The first-order valence-electron chi connectivity index (χ1n) is 10.9. The molecule has 0 aliphatic heterocycles. The van der Waals surface area contributed by atoms with Crippen molar-refractivity contribution in [1.82, 2.24) is 9.55 Å². The average molecular weight is 518 g/mol. The van der Waals surface area contributed by atoms with Crippen LogP contribution in [0.25, 0.3) is 15.9 Å². The second-order valence-electron chi connectivity index (χ2n) is 7.84. The van der Waals surface area contributed by atoms with Gasteiger partial charge in [-0.25, -0.2) is 4.98 Å². The number of ether oxygens (including phenoxy) is 1. The molecule has 1 aliphatic carbocycles. The normalized spacial score (nSPS) is 13.3. The van der Waals surface area contributed by atoms with Crippen molar-refractivity contribution in [3.05, 3.63) is 78.9 Å². The van der Waals surface area contributed by atoms with Gasteiger partial charge in [0.15, 0.2) is 5.16 Å². The molecule has 0 bridgehead atoms. The van der Waals surface area contributed by atoms with Gasteiger partial charge < -0.3 is 4.74 Å². The zero-order valence-electron chi connectivity index (χ0n) is 18.1. The molecule has 4 nitrogen and oxygen atoms in total. The fraction of sp³-hybridized carbons (Fsp3) is 0.280. The second kappa shape index (κ2) is 9.71. The van der Waals surface area contributed by atoms with Crippen LogP contribution in [0.1, 0.15) is 35.8 Å². The molecule has 33 heavy (non-hydrogen) atoms. The topological polar surface area (TPSA) is 44.1 Å². The van der Waals surface area contributed by atoms with E-state index in [-0.39, 0.29) is 5.56 Å². The van der Waals surface area contributed by atoms with Crippen LogP contribution in [0.2, 0.25) is 10.0 Å². The molecule has 5 rings (SSSR count). The standard InChI is InChI=1S/C25H22Cl2N2O2S2/c1-2-31-16-12-10-15(11-13-16)29-24(30)22-17-6-3-4-9-21(17)33-23(22)28-25(29)32-14-18-19(26)7-5-8-20(18)27/h5,7-8,10-13H,2-4,6,9,14H2,1H3. The molecular formula is C25H22Cl2N2O2S2. The van der Waals surface area contributed by atoms with Crippen molar-refractivity contribution in [2.75, 3.05) is 6.61 Å². The van der Waals surface area contributed by atoms with Crippen molar-refractivity contribution < 1.29 is 4.74 Å². The molecule has 0 saturated heterocycles. The molecule has 0 fully saturated rings. The monoisotopic (exact) mass is 516 g/mol. The Bertz CT molecular complexity index is 1360. The van der Waals surface area contributed by atoms with Gasteiger partial charge in [-0.15, -0.1) is 11.3 Å². The number of nitrogens with zero attached hydrogens (tertiary/aromatic N) is 2. The van der Waals surface area contributed by atoms with Crippen LogP contribution in [0.5, 0.6) is 5.75 Å². The Labute approximate surface area is 210 Å². The van der Waals surface area contributed by atoms with Crippen molar-refractivity contribution in [2.24, 2.45) is 0 Å². The SMILES string of the molecule is CCOc1ccc(-n2c(SCc3c(Cl)cccc3Cl)nc3sc4c(c3c2=O)CCCC4)cc1. The number of thioether (sulfide) groups is 1. The quantitative estimate of drug-likeness (QED) is 0.199. The van der Waals surface area contributed by atoms with Gasteiger partial charge in [-0.05, 0) is 80.1 Å². The van der Waals surface area contributed by atoms with Crippen molar-refractivity contribution >= 4 is 56.5 Å². The molecule has 0 spiro atoms. The first-order chi connectivity index (χ1) is 16.1. The lowest BCUT2D eigenvalue weighted by Gasteiger charge is -2.15. The highest BCUT2D eigenvalue weighted by Crippen LogP contribution is 2.37. The summed E-state index contributed by atoms with van der Waals surface area (Å²) >= 11 is 15.9. The number of benzene rings is 2. The summed E-state index contributed by atoms with van der Waals surface area (Å²) < 4.78 is 7.30. The zero-order chi connectivity index (χ0) is 22.9. The number of aryl methyl sites for hydroxylation is 2. The lowest BCUT2D eigenvalue weighted by Crippen LogP contribution is -2.22. The summed E-state index contributed by atoms with van der Waals surface area (Å²) in [6, 6.07) is 13.1. The summed E-state index contributed by atoms with van der Waals surface area (Å²) in [6.45, 7) is 2.54. The van der Waals surface area contributed by atoms with Gasteiger partial charge in [-0.2, -0.15) is 0 Å². The molecule has 2 heterocycles. The van der Waals surface area contributed by atoms with Crippen molar-refractivity contribution in [1.29, 1.82) is 0 Å². The lowest BCUT2D eigenvalue weighted by atomic mass is 9.97. The Morgan fingerprint density at radius 2 is 1.82 bits per heavy atom. The maximum absolute atomic E-state index is 13.9. The van der Waals surface area contributed by atoms with E-state index in [0.717, 1.165) is 46.5 Å². The molecule has 0 N–H and O–H groups in total. The molecule has 0 amide bonds. The average Bonchev–Trinajstić information content (AvgIpc) is 3.18. The Kier molecular flexibility index (Phi) is 6.70. The molecule has 0 saturated carbocycles. The van der Waals surface area contributed by atoms with Gasteiger partial charge in [0, 0.05) is 20.7 Å². The Morgan fingerprint density at radius 3 is 2.55 bits per heavy atom. The fourth-order valence-corrected chi connectivity index (χ4v) is 7.23. The van der Waals surface area contributed by atoms with Crippen LogP contribution in [-0.2, 0) is 18.6 Å². The number of thiophene rings is 1. The van der Waals surface area contributed by atoms with E-state index in [1.54, 1.807) is 15.9 Å². The van der Waals surface area contributed by atoms with E-state index in [1.165, 1.54) is 28.6 Å². The van der Waals surface area contributed by atoms with E-state index in [2.05, 4.69) is 0 Å². The first kappa shape index (κ1) is 22.8. The van der Waals surface area contributed by atoms with E-state index >= 15 is 0 Å². The van der Waals surface area contributed by atoms with Crippen LogP contribution < -0.4 is 10.3 Å². The lowest BCUT2D eigenvalue weighted by molar-refractivity contribution is 0.340. The maximum Gasteiger partial charge on any atom is 0.267 e. The zero-order valence-corrected chi connectivity index (χ0v) is 21.2. The molecular weight excluding hydrogens is 495 g/mol. The summed E-state index contributed by atoms with van der Waals surface area (Å²) in [5.74, 6) is 1.28. The van der Waals surface area contributed by atoms with Gasteiger partial charge in [0.05, 0.1) is 17.7 Å². The van der Waals surface area contributed by atoms with Crippen LogP contribution in [0.15, 0.2) is 52.4 Å². The molecule has 1 aliphatic rings. The maximum atomic E-state index is 13.9. The third kappa shape index (κ3) is 4.42. The van der Waals surface area contributed by atoms with E-state index < -0.39 is 0 Å². The molecule has 8 heteroatoms. The van der Waals surface area contributed by atoms with Gasteiger partial charge in [0.2, 0.25) is 0 Å². The third-order valence-corrected chi connectivity index (χ3v) is 8.63. The molecule has 0 atom stereocenters. The summed E-state index contributed by atoms with van der Waals surface area (Å²) in [4.78, 5) is 21.0. The van der Waals surface area contributed by atoms with Crippen molar-refractivity contribution in [2.45, 2.75) is 43.5 Å². The van der Waals surface area contributed by atoms with Crippen LogP contribution in [0.3, 0.4) is 0 Å². The molecule has 2 aromatic heterocycles. The number of hydrogen-bond donors (Lipinski definition) is 0.